The Morgan fingerprint density at radius 3 is 1.70 bits per heavy atom. The van der Waals surface area contributed by atoms with Crippen LogP contribution in [0.3, 0.4) is 0 Å². The number of amides is 6. The number of methoxy groups -OCH3 is 1. The Balaban J connectivity index is 0.000000498. The monoisotopic (exact) mass is 1230 g/mol. The van der Waals surface area contributed by atoms with E-state index in [9.17, 15) is 42.7 Å². The average molecular weight is 1240 g/mol. The highest BCUT2D eigenvalue weighted by molar-refractivity contribution is 6.62. The summed E-state index contributed by atoms with van der Waals surface area (Å²) >= 11 is 4.90. The second-order valence-corrected chi connectivity index (χ2v) is 20.1. The lowest BCUT2D eigenvalue weighted by Gasteiger charge is -2.25. The van der Waals surface area contributed by atoms with Crippen molar-refractivity contribution in [2.24, 2.45) is 5.73 Å². The van der Waals surface area contributed by atoms with Crippen molar-refractivity contribution < 1.29 is 62.0 Å². The molecule has 0 aromatic heterocycles. The molecule has 0 spiro atoms. The van der Waals surface area contributed by atoms with Crippen LogP contribution in [0.15, 0.2) is 133 Å². The highest BCUT2D eigenvalue weighted by Crippen LogP contribution is 2.19. The number of hydrogen-bond donors (Lipinski definition) is 6. The third-order valence-electron chi connectivity index (χ3n) is 11.6. The van der Waals surface area contributed by atoms with Crippen molar-refractivity contribution in [2.75, 3.05) is 74.3 Å². The van der Waals surface area contributed by atoms with E-state index in [1.54, 1.807) is 127 Å². The van der Waals surface area contributed by atoms with Gasteiger partial charge >= 0.3 is 23.6 Å². The van der Waals surface area contributed by atoms with Gasteiger partial charge in [-0.2, -0.15) is 10.5 Å². The molecule has 6 amide bonds. The Bertz CT molecular complexity index is 3290. The molecule has 0 radical (unpaired) electrons. The van der Waals surface area contributed by atoms with Crippen LogP contribution in [0.4, 0.5) is 33.6 Å². The number of nitrogens with two attached hydrogens (primary N) is 1. The van der Waals surface area contributed by atoms with Gasteiger partial charge in [0.25, 0.3) is 11.8 Å². The van der Waals surface area contributed by atoms with Gasteiger partial charge in [0.05, 0.1) is 42.5 Å². The number of phenols is 1. The number of benzene rings is 6. The van der Waals surface area contributed by atoms with Crippen molar-refractivity contribution in [3.05, 3.63) is 190 Å². The molecule has 6 rings (SSSR count). The number of aliphatic hydroxyl groups excluding tert-OH is 1. The van der Waals surface area contributed by atoms with Crippen LogP contribution in [0.2, 0.25) is 0 Å². The third-order valence-corrected chi connectivity index (χ3v) is 12.0. The number of aliphatic hydroxyl groups is 1. The van der Waals surface area contributed by atoms with E-state index in [0.717, 1.165) is 42.2 Å². The number of phenolic OH excluding ortho intramolecular Hbond substituents is 1. The zero-order valence-corrected chi connectivity index (χ0v) is 51.7. The minimum absolute atomic E-state index is 0.0189. The van der Waals surface area contributed by atoms with Crippen LogP contribution >= 0.6 is 11.6 Å². The van der Waals surface area contributed by atoms with Crippen LogP contribution in [0.1, 0.15) is 80.8 Å². The van der Waals surface area contributed by atoms with Gasteiger partial charge in [-0.1, -0.05) is 50.2 Å². The van der Waals surface area contributed by atoms with E-state index < -0.39 is 53.3 Å². The highest BCUT2D eigenvalue weighted by atomic mass is 35.5. The predicted octanol–water partition coefficient (Wildman–Crippen LogP) is 10.2. The first-order valence-electron chi connectivity index (χ1n) is 27.4. The first-order valence-corrected chi connectivity index (χ1v) is 27.8. The number of carbonyl (C=O) groups is 6. The molecule has 470 valence electrons. The van der Waals surface area contributed by atoms with Crippen molar-refractivity contribution in [1.29, 1.82) is 10.5 Å². The predicted molar refractivity (Wildman–Crippen MR) is 332 cm³/mol. The van der Waals surface area contributed by atoms with Crippen LogP contribution in [0.25, 0.3) is 0 Å². The second kappa shape index (κ2) is 39.9. The van der Waals surface area contributed by atoms with Gasteiger partial charge in [0, 0.05) is 97.9 Å². The molecule has 6 aromatic rings. The molecule has 0 fully saturated rings. The molecule has 0 aliphatic heterocycles. The topological polar surface area (TPSA) is 293 Å². The number of aryl methyl sites for hydroxylation is 1. The van der Waals surface area contributed by atoms with Gasteiger partial charge in [0.1, 0.15) is 28.9 Å². The summed E-state index contributed by atoms with van der Waals surface area (Å²) in [7, 11) is 10.9. The van der Waals surface area contributed by atoms with Crippen LogP contribution in [-0.4, -0.2) is 146 Å². The van der Waals surface area contributed by atoms with E-state index in [4.69, 9.17) is 42.4 Å². The summed E-state index contributed by atoms with van der Waals surface area (Å²) < 4.78 is 42.7. The number of nitrogens with one attached hydrogen (secondary N) is 3. The minimum Gasteiger partial charge on any atom is -0.508 e. The first-order chi connectivity index (χ1) is 41.7. The molecule has 2 atom stereocenters. The van der Waals surface area contributed by atoms with Crippen LogP contribution in [0, 0.1) is 41.2 Å². The van der Waals surface area contributed by atoms with E-state index in [-0.39, 0.29) is 35.7 Å². The van der Waals surface area contributed by atoms with Crippen LogP contribution < -0.4 is 31.2 Å². The second-order valence-electron chi connectivity index (χ2n) is 19.8. The van der Waals surface area contributed by atoms with Crippen molar-refractivity contribution in [3.63, 3.8) is 0 Å². The molecular weight excluding hydrogens is 1160 g/mol. The summed E-state index contributed by atoms with van der Waals surface area (Å²) in [4.78, 5) is 76.2. The maximum atomic E-state index is 14.0. The summed E-state index contributed by atoms with van der Waals surface area (Å²) in [5.41, 5.74) is 10.4. The van der Waals surface area contributed by atoms with Crippen molar-refractivity contribution in [1.82, 2.24) is 30.2 Å². The molecule has 0 aliphatic rings. The molecule has 0 aliphatic carbocycles. The molecule has 21 nitrogen and oxygen atoms in total. The van der Waals surface area contributed by atoms with Gasteiger partial charge in [0.15, 0.2) is 0 Å². The van der Waals surface area contributed by atoms with E-state index in [1.807, 2.05) is 44.2 Å². The maximum Gasteiger partial charge on any atom is 0.414 e. The van der Waals surface area contributed by atoms with Gasteiger partial charge in [-0.05, 0) is 151 Å². The quantitative estimate of drug-likeness (QED) is 0.0345. The Morgan fingerprint density at radius 2 is 1.19 bits per heavy atom. The number of rotatable bonds is 18. The summed E-state index contributed by atoms with van der Waals surface area (Å²) in [5.74, 6) is -1.37. The normalized spacial score (nSPS) is 10.6. The molecule has 24 heteroatoms. The fraction of sp³-hybridized carbons (Fsp3) is 0.312. The standard InChI is InChI=1S/C35H44F2N4O5.C10H10N2O2.C9H12N2O2.C7H5NO.C3H6ClNO/c1-6-11-41(12-7-2)34(44)27-14-23(3)13-26(19-27)33(43)39-31(18-25-15-28(36)20-29(37)16-25)32(42)22-38-21-24-9-8-10-30(17-24)46-35(45)40(4)5;1-12(2)10(13)14-9-5-3-4-8(6-9)7-11;1-13-9(12)11-8-4-2-3-7(5-8)6-10;8-5-6-2-1-3-7(9)4-6;1-5(2)3(4)6/h8-10,13-17,19-20,31-32,38,42H,6-7,11-12,18,21-22H2,1-5H3,(H,39,43);3-6H,1-2H3;2-5H,6,10H2,1H3,(H,11,12);1-4,9H;1-2H3/t31-,32+;;;;/m0..../s1. The van der Waals surface area contributed by atoms with Gasteiger partial charge in [-0.25, -0.2) is 23.2 Å². The Morgan fingerprint density at radius 1 is 0.670 bits per heavy atom. The smallest absolute Gasteiger partial charge is 0.414 e. The molecule has 6 aromatic carbocycles. The Kier molecular flexibility index (Phi) is 33.7. The zero-order chi connectivity index (χ0) is 65.9. The number of hydrogen-bond acceptors (Lipinski definition) is 15. The molecule has 0 heterocycles. The largest absolute Gasteiger partial charge is 0.508 e. The van der Waals surface area contributed by atoms with Gasteiger partial charge in [0.2, 0.25) is 0 Å². The SMILES string of the molecule is CCCN(CCC)C(=O)c1cc(C)cc(C(=O)N[C@@H](Cc2cc(F)cc(F)c2)[C@H](O)CNCc2cccc(OC(=O)N(C)C)c2)c1.CN(C)C(=O)Cl.CN(C)C(=O)Oc1cccc(C#N)c1.COC(=O)Nc1cccc(CN)c1.N#Cc1cccc(O)c1. The van der Waals surface area contributed by atoms with Crippen molar-refractivity contribution in [3.8, 4) is 29.4 Å². The number of halogens is 3. The Labute approximate surface area is 517 Å². The van der Waals surface area contributed by atoms with E-state index >= 15 is 0 Å². The number of nitrogens with zero attached hydrogens (tertiary/aromatic N) is 6. The summed E-state index contributed by atoms with van der Waals surface area (Å²) in [6.45, 7) is 7.75. The van der Waals surface area contributed by atoms with E-state index in [0.29, 0.717) is 65.6 Å². The van der Waals surface area contributed by atoms with Gasteiger partial charge in [-0.15, -0.1) is 0 Å². The van der Waals surface area contributed by atoms with Gasteiger partial charge < -0.3 is 60.4 Å². The highest BCUT2D eigenvalue weighted by Gasteiger charge is 2.25. The molecule has 88 heavy (non-hydrogen) atoms. The fourth-order valence-electron chi connectivity index (χ4n) is 7.35. The molecular formula is C64H77ClF2N10O11. The number of ether oxygens (including phenoxy) is 3. The third kappa shape index (κ3) is 29.0. The summed E-state index contributed by atoms with van der Waals surface area (Å²) in [6.07, 6.45) is -1.08. The molecule has 7 N–H and O–H groups in total. The van der Waals surface area contributed by atoms with E-state index in [1.165, 1.54) is 46.1 Å². The lowest BCUT2D eigenvalue weighted by atomic mass is 9.99. The number of nitriles is 2. The summed E-state index contributed by atoms with van der Waals surface area (Å²) in [5, 5.41) is 45.0. The maximum absolute atomic E-state index is 14.0. The van der Waals surface area contributed by atoms with Crippen molar-refractivity contribution >= 4 is 52.7 Å². The van der Waals surface area contributed by atoms with E-state index in [2.05, 4.69) is 20.7 Å². The molecule has 0 saturated heterocycles. The number of anilines is 1. The lowest BCUT2D eigenvalue weighted by molar-refractivity contribution is 0.0755. The fourth-order valence-corrected chi connectivity index (χ4v) is 7.35. The lowest BCUT2D eigenvalue weighted by Crippen LogP contribution is -2.48. The average Bonchev–Trinajstić information content (AvgIpc) is 3.07. The van der Waals surface area contributed by atoms with Crippen LogP contribution in [0.5, 0.6) is 17.2 Å². The number of carbonyl (C=O) groups excluding carboxylic acids is 6. The minimum atomic E-state index is -1.17. The molecule has 0 unspecified atom stereocenters. The van der Waals surface area contributed by atoms with Gasteiger partial charge in [-0.3, -0.25) is 19.7 Å². The zero-order valence-electron chi connectivity index (χ0n) is 51.0. The molecule has 0 bridgehead atoms. The Hall–Kier alpha value is -9.65. The summed E-state index contributed by atoms with van der Waals surface area (Å²) in [6, 6.07) is 37.8. The van der Waals surface area contributed by atoms with Crippen LogP contribution in [-0.2, 0) is 24.2 Å². The number of aromatic hydroxyl groups is 1. The molecule has 0 saturated carbocycles. The first kappa shape index (κ1) is 74.5. The van der Waals surface area contributed by atoms with Crippen molar-refractivity contribution in [2.45, 2.75) is 65.3 Å².